The Labute approximate surface area is 150 Å². The van der Waals surface area contributed by atoms with E-state index < -0.39 is 0 Å². The van der Waals surface area contributed by atoms with Crippen molar-refractivity contribution >= 4 is 29.4 Å². The van der Waals surface area contributed by atoms with E-state index in [-0.39, 0.29) is 16.8 Å². The lowest BCUT2D eigenvalue weighted by Crippen LogP contribution is -2.27. The Morgan fingerprint density at radius 3 is 2.64 bits per heavy atom. The molecule has 1 aromatic carbocycles. The minimum Gasteiger partial charge on any atom is -0.497 e. The molecule has 1 aliphatic heterocycles. The summed E-state index contributed by atoms with van der Waals surface area (Å²) in [5.41, 5.74) is 0.746. The molecule has 1 aromatic heterocycles. The molecule has 0 spiro atoms. The molecular weight excluding hydrogens is 342 g/mol. The van der Waals surface area contributed by atoms with Crippen molar-refractivity contribution in [2.24, 2.45) is 0 Å². The first-order valence-electron chi connectivity index (χ1n) is 7.65. The van der Waals surface area contributed by atoms with Gasteiger partial charge in [-0.1, -0.05) is 0 Å². The molecule has 0 bridgehead atoms. The van der Waals surface area contributed by atoms with Crippen molar-refractivity contribution < 1.29 is 23.4 Å². The molecule has 1 saturated heterocycles. The number of carbonyl (C=O) groups is 1. The average Bonchev–Trinajstić information content (AvgIpc) is 3.19. The van der Waals surface area contributed by atoms with Gasteiger partial charge in [-0.2, -0.15) is 0 Å². The van der Waals surface area contributed by atoms with Crippen LogP contribution in [0, 0.1) is 0 Å². The van der Waals surface area contributed by atoms with Crippen LogP contribution in [-0.2, 0) is 9.53 Å². The molecule has 0 aliphatic carbocycles. The van der Waals surface area contributed by atoms with E-state index in [2.05, 4.69) is 0 Å². The lowest BCUT2D eigenvalue weighted by Gasteiger charge is -2.08. The SMILES string of the molecule is CCN1C(=O)C(=Cc2ccc(-c3cc(OC)ccc3OC)o2)OC1=S. The predicted molar refractivity (Wildman–Crippen MR) is 96.3 cm³/mol. The minimum atomic E-state index is -0.274. The van der Waals surface area contributed by atoms with Gasteiger partial charge in [0.2, 0.25) is 0 Å². The van der Waals surface area contributed by atoms with E-state index >= 15 is 0 Å². The van der Waals surface area contributed by atoms with Crippen LogP contribution in [0.3, 0.4) is 0 Å². The number of hydrogen-bond donors (Lipinski definition) is 0. The summed E-state index contributed by atoms with van der Waals surface area (Å²) >= 11 is 5.03. The molecule has 130 valence electrons. The van der Waals surface area contributed by atoms with Gasteiger partial charge in [0.1, 0.15) is 23.0 Å². The smallest absolute Gasteiger partial charge is 0.297 e. The third-order valence-electron chi connectivity index (χ3n) is 3.76. The van der Waals surface area contributed by atoms with Gasteiger partial charge >= 0.3 is 0 Å². The zero-order chi connectivity index (χ0) is 18.0. The fourth-order valence-corrected chi connectivity index (χ4v) is 2.79. The minimum absolute atomic E-state index is 0.144. The standard InChI is InChI=1S/C18H17NO5S/c1-4-19-17(20)16(24-18(19)25)10-12-6-8-15(23-12)13-9-11(21-2)5-7-14(13)22-3/h5-10H,4H2,1-3H3. The molecule has 0 atom stereocenters. The highest BCUT2D eigenvalue weighted by Gasteiger charge is 2.32. The molecule has 0 radical (unpaired) electrons. The highest BCUT2D eigenvalue weighted by molar-refractivity contribution is 7.80. The van der Waals surface area contributed by atoms with E-state index in [1.807, 2.05) is 13.0 Å². The molecule has 7 heteroatoms. The van der Waals surface area contributed by atoms with Crippen molar-refractivity contribution in [3.05, 3.63) is 41.9 Å². The summed E-state index contributed by atoms with van der Waals surface area (Å²) in [6.45, 7) is 2.29. The van der Waals surface area contributed by atoms with Crippen LogP contribution in [0.5, 0.6) is 11.5 Å². The van der Waals surface area contributed by atoms with Crippen molar-refractivity contribution in [1.82, 2.24) is 4.90 Å². The molecule has 3 rings (SSSR count). The summed E-state index contributed by atoms with van der Waals surface area (Å²) in [4.78, 5) is 13.6. The first-order valence-corrected chi connectivity index (χ1v) is 8.05. The Morgan fingerprint density at radius 2 is 2.00 bits per heavy atom. The van der Waals surface area contributed by atoms with Crippen molar-refractivity contribution in [2.45, 2.75) is 6.92 Å². The maximum Gasteiger partial charge on any atom is 0.297 e. The van der Waals surface area contributed by atoms with Gasteiger partial charge in [-0.3, -0.25) is 9.69 Å². The molecule has 0 N–H and O–H groups in total. The van der Waals surface area contributed by atoms with E-state index in [0.29, 0.717) is 29.6 Å². The quantitative estimate of drug-likeness (QED) is 0.602. The fraction of sp³-hybridized carbons (Fsp3) is 0.222. The number of methoxy groups -OCH3 is 2. The zero-order valence-electron chi connectivity index (χ0n) is 14.1. The number of furan rings is 1. The molecule has 25 heavy (non-hydrogen) atoms. The van der Waals surface area contributed by atoms with Gasteiger partial charge in [-0.25, -0.2) is 0 Å². The van der Waals surface area contributed by atoms with E-state index in [1.165, 1.54) is 11.0 Å². The second-order valence-corrected chi connectivity index (χ2v) is 5.54. The molecule has 6 nitrogen and oxygen atoms in total. The van der Waals surface area contributed by atoms with Crippen LogP contribution in [0.15, 0.2) is 40.5 Å². The summed E-state index contributed by atoms with van der Waals surface area (Å²) in [6.07, 6.45) is 1.53. The Bertz CT molecular complexity index is 855. The molecule has 1 aliphatic rings. The maximum absolute atomic E-state index is 12.2. The number of amides is 1. The molecule has 1 fully saturated rings. The summed E-state index contributed by atoms with van der Waals surface area (Å²) in [6, 6.07) is 8.96. The first kappa shape index (κ1) is 17.0. The number of benzene rings is 1. The summed E-state index contributed by atoms with van der Waals surface area (Å²) in [5.74, 6) is 2.27. The largest absolute Gasteiger partial charge is 0.497 e. The number of likely N-dealkylation sites (N-methyl/N-ethyl adjacent to an activating group) is 1. The number of nitrogens with zero attached hydrogens (tertiary/aromatic N) is 1. The predicted octanol–water partition coefficient (Wildman–Crippen LogP) is 3.47. The highest BCUT2D eigenvalue weighted by Crippen LogP contribution is 2.35. The van der Waals surface area contributed by atoms with E-state index in [4.69, 9.17) is 30.8 Å². The summed E-state index contributed by atoms with van der Waals surface area (Å²) in [5, 5.41) is 0.153. The van der Waals surface area contributed by atoms with Crippen LogP contribution in [-0.4, -0.2) is 36.7 Å². The van der Waals surface area contributed by atoms with Crippen molar-refractivity contribution in [3.8, 4) is 22.8 Å². The molecule has 2 aromatic rings. The zero-order valence-corrected chi connectivity index (χ0v) is 14.9. The second kappa shape index (κ2) is 6.98. The van der Waals surface area contributed by atoms with Crippen molar-refractivity contribution in [2.75, 3.05) is 20.8 Å². The Hall–Kier alpha value is -2.80. The lowest BCUT2D eigenvalue weighted by atomic mass is 10.1. The molecule has 0 saturated carbocycles. The fourth-order valence-electron chi connectivity index (χ4n) is 2.48. The van der Waals surface area contributed by atoms with Gasteiger partial charge in [0, 0.05) is 12.6 Å². The molecule has 2 heterocycles. The number of thiocarbonyl (C=S) groups is 1. The summed E-state index contributed by atoms with van der Waals surface area (Å²) in [7, 11) is 3.18. The van der Waals surface area contributed by atoms with Crippen LogP contribution < -0.4 is 9.47 Å². The number of carbonyl (C=O) groups excluding carboxylic acids is 1. The average molecular weight is 359 g/mol. The molecule has 0 unspecified atom stereocenters. The van der Waals surface area contributed by atoms with Gasteiger partial charge in [0.25, 0.3) is 11.1 Å². The van der Waals surface area contributed by atoms with E-state index in [9.17, 15) is 4.79 Å². The topological polar surface area (TPSA) is 61.1 Å². The first-order chi connectivity index (χ1) is 12.1. The van der Waals surface area contributed by atoms with E-state index in [1.54, 1.807) is 38.5 Å². The Balaban J connectivity index is 1.93. The van der Waals surface area contributed by atoms with Crippen LogP contribution in [0.25, 0.3) is 17.4 Å². The molecule has 1 amide bonds. The highest BCUT2D eigenvalue weighted by atomic mass is 32.1. The summed E-state index contributed by atoms with van der Waals surface area (Å²) < 4.78 is 21.8. The van der Waals surface area contributed by atoms with Gasteiger partial charge in [0.15, 0.2) is 5.76 Å². The van der Waals surface area contributed by atoms with Crippen LogP contribution in [0.4, 0.5) is 0 Å². The Morgan fingerprint density at radius 1 is 1.20 bits per heavy atom. The van der Waals surface area contributed by atoms with Crippen LogP contribution >= 0.6 is 12.2 Å². The number of ether oxygens (including phenoxy) is 3. The van der Waals surface area contributed by atoms with Gasteiger partial charge < -0.3 is 18.6 Å². The van der Waals surface area contributed by atoms with Crippen molar-refractivity contribution in [1.29, 1.82) is 0 Å². The van der Waals surface area contributed by atoms with Gasteiger partial charge in [0.05, 0.1) is 19.8 Å². The van der Waals surface area contributed by atoms with Gasteiger partial charge in [-0.05, 0) is 49.5 Å². The van der Waals surface area contributed by atoms with Crippen LogP contribution in [0.1, 0.15) is 12.7 Å². The Kier molecular flexibility index (Phi) is 4.76. The maximum atomic E-state index is 12.2. The number of hydrogen-bond acceptors (Lipinski definition) is 6. The van der Waals surface area contributed by atoms with Crippen molar-refractivity contribution in [3.63, 3.8) is 0 Å². The molecular formula is C18H17NO5S. The van der Waals surface area contributed by atoms with Gasteiger partial charge in [-0.15, -0.1) is 0 Å². The monoisotopic (exact) mass is 359 g/mol. The lowest BCUT2D eigenvalue weighted by molar-refractivity contribution is -0.122. The third kappa shape index (κ3) is 3.23. The van der Waals surface area contributed by atoms with Crippen LogP contribution in [0.2, 0.25) is 0 Å². The third-order valence-corrected chi connectivity index (χ3v) is 4.07. The normalized spacial score (nSPS) is 15.6. The number of rotatable bonds is 5. The second-order valence-electron chi connectivity index (χ2n) is 5.19. The van der Waals surface area contributed by atoms with E-state index in [0.717, 1.165) is 5.56 Å².